The fourth-order valence-corrected chi connectivity index (χ4v) is 4.55. The number of piperidine rings is 1. The van der Waals surface area contributed by atoms with Crippen molar-refractivity contribution in [3.8, 4) is 17.1 Å². The molecule has 2 aliphatic heterocycles. The van der Waals surface area contributed by atoms with Crippen molar-refractivity contribution in [1.82, 2.24) is 25.1 Å². The maximum Gasteiger partial charge on any atom is 0.410 e. The zero-order valence-corrected chi connectivity index (χ0v) is 20.0. The average molecular weight is 460 g/mol. The van der Waals surface area contributed by atoms with Gasteiger partial charge in [0.15, 0.2) is 5.82 Å². The van der Waals surface area contributed by atoms with E-state index in [1.165, 1.54) is 0 Å². The largest absolute Gasteiger partial charge is 0.482 e. The monoisotopic (exact) mass is 459 g/mol. The zero-order chi connectivity index (χ0) is 23.9. The number of aromatic nitrogens is 4. The highest BCUT2D eigenvalue weighted by Gasteiger charge is 2.40. The van der Waals surface area contributed by atoms with Crippen molar-refractivity contribution in [2.24, 2.45) is 7.05 Å². The van der Waals surface area contributed by atoms with E-state index in [0.717, 1.165) is 28.0 Å². The number of ether oxygens (including phenoxy) is 2. The van der Waals surface area contributed by atoms with Crippen LogP contribution in [0.4, 0.5) is 4.79 Å². The molecule has 0 saturated carbocycles. The molecule has 5 rings (SSSR count). The van der Waals surface area contributed by atoms with Gasteiger partial charge in [0.1, 0.15) is 17.0 Å². The first-order chi connectivity index (χ1) is 16.2. The number of carbonyl (C=O) groups excluding carboxylic acids is 1. The van der Waals surface area contributed by atoms with E-state index in [-0.39, 0.29) is 6.09 Å². The molecule has 8 nitrogen and oxygen atoms in total. The van der Waals surface area contributed by atoms with Crippen LogP contribution in [-0.4, -0.2) is 55.5 Å². The molecule has 1 aromatic heterocycles. The van der Waals surface area contributed by atoms with E-state index in [4.69, 9.17) is 9.47 Å². The Labute approximate surface area is 199 Å². The van der Waals surface area contributed by atoms with E-state index in [2.05, 4.69) is 39.8 Å². The highest BCUT2D eigenvalue weighted by molar-refractivity contribution is 5.86. The van der Waals surface area contributed by atoms with Crippen LogP contribution in [0.15, 0.2) is 54.6 Å². The number of hydrogen-bond acceptors (Lipinski definition) is 6. The van der Waals surface area contributed by atoms with Crippen molar-refractivity contribution < 1.29 is 14.3 Å². The van der Waals surface area contributed by atoms with Gasteiger partial charge in [0.25, 0.3) is 0 Å². The van der Waals surface area contributed by atoms with E-state index in [9.17, 15) is 4.79 Å². The molecule has 1 fully saturated rings. The summed E-state index contributed by atoms with van der Waals surface area (Å²) >= 11 is 0. The van der Waals surface area contributed by atoms with Gasteiger partial charge in [-0.15, -0.1) is 5.10 Å². The predicted octanol–water partition coefficient (Wildman–Crippen LogP) is 4.47. The average Bonchev–Trinajstić information content (AvgIpc) is 3.24. The first-order valence-corrected chi connectivity index (χ1v) is 11.6. The Bertz CT molecular complexity index is 1250. The number of para-hydroxylation sites is 1. The summed E-state index contributed by atoms with van der Waals surface area (Å²) in [6, 6.07) is 16.4. The molecule has 2 aliphatic rings. The molecular weight excluding hydrogens is 430 g/mol. The number of rotatable bonds is 2. The third-order valence-corrected chi connectivity index (χ3v) is 6.21. The van der Waals surface area contributed by atoms with Crippen molar-refractivity contribution in [2.75, 3.05) is 13.1 Å². The third-order valence-electron chi connectivity index (χ3n) is 6.21. The topological polar surface area (TPSA) is 82.4 Å². The molecule has 176 valence electrons. The highest BCUT2D eigenvalue weighted by atomic mass is 16.6. The summed E-state index contributed by atoms with van der Waals surface area (Å²) in [6.45, 7) is 6.81. The van der Waals surface area contributed by atoms with Gasteiger partial charge in [0.05, 0.1) is 0 Å². The number of nitrogens with zero attached hydrogens (tertiary/aromatic N) is 5. The molecule has 8 heteroatoms. The summed E-state index contributed by atoms with van der Waals surface area (Å²) in [4.78, 5) is 14.3. The van der Waals surface area contributed by atoms with Gasteiger partial charge in [0, 0.05) is 44.1 Å². The predicted molar refractivity (Wildman–Crippen MR) is 128 cm³/mol. The van der Waals surface area contributed by atoms with Crippen molar-refractivity contribution >= 4 is 11.7 Å². The SMILES string of the molecule is Cn1nnnc1-c1cccc(C2=CC3(CCN(C(=O)OC(C)(C)C)CC3)Oc3ccccc32)c1. The minimum absolute atomic E-state index is 0.271. The third kappa shape index (κ3) is 4.27. The van der Waals surface area contributed by atoms with E-state index < -0.39 is 11.2 Å². The van der Waals surface area contributed by atoms with Crippen molar-refractivity contribution in [3.05, 3.63) is 65.7 Å². The summed E-state index contributed by atoms with van der Waals surface area (Å²) in [6.07, 6.45) is 3.34. The van der Waals surface area contributed by atoms with Gasteiger partial charge in [-0.3, -0.25) is 0 Å². The van der Waals surface area contributed by atoms with Gasteiger partial charge in [-0.1, -0.05) is 36.4 Å². The molecule has 1 spiro atoms. The van der Waals surface area contributed by atoms with Crippen molar-refractivity contribution in [1.29, 1.82) is 0 Å². The Morgan fingerprint density at radius 3 is 2.50 bits per heavy atom. The smallest absolute Gasteiger partial charge is 0.410 e. The van der Waals surface area contributed by atoms with Gasteiger partial charge in [-0.2, -0.15) is 0 Å². The standard InChI is InChI=1S/C26H29N5O3/c1-25(2,3)34-24(32)31-14-12-26(13-15-31)17-21(20-10-5-6-11-22(20)33-26)18-8-7-9-19(16-18)23-27-28-29-30(23)4/h5-11,16-17H,12-15H2,1-4H3. The van der Waals surface area contributed by atoms with Crippen LogP contribution in [0.25, 0.3) is 17.0 Å². The normalized spacial score (nSPS) is 17.1. The molecule has 0 bridgehead atoms. The minimum Gasteiger partial charge on any atom is -0.482 e. The second kappa shape index (κ2) is 8.27. The molecule has 1 saturated heterocycles. The summed E-state index contributed by atoms with van der Waals surface area (Å²) in [5, 5.41) is 11.9. The quantitative estimate of drug-likeness (QED) is 0.562. The molecule has 0 atom stereocenters. The maximum atomic E-state index is 12.6. The number of carbonyl (C=O) groups is 1. The Morgan fingerprint density at radius 1 is 1.06 bits per heavy atom. The fourth-order valence-electron chi connectivity index (χ4n) is 4.55. The molecule has 0 unspecified atom stereocenters. The molecule has 2 aromatic carbocycles. The van der Waals surface area contributed by atoms with E-state index >= 15 is 0 Å². The van der Waals surface area contributed by atoms with Crippen LogP contribution in [0, 0.1) is 0 Å². The number of likely N-dealkylation sites (tertiary alicyclic amines) is 1. The second-order valence-corrected chi connectivity index (χ2v) is 9.90. The lowest BCUT2D eigenvalue weighted by Crippen LogP contribution is -2.50. The Balaban J connectivity index is 1.47. The Morgan fingerprint density at radius 2 is 1.79 bits per heavy atom. The molecule has 3 heterocycles. The summed E-state index contributed by atoms with van der Waals surface area (Å²) in [5.74, 6) is 1.57. The first kappa shape index (κ1) is 22.1. The van der Waals surface area contributed by atoms with Crippen LogP contribution in [0.5, 0.6) is 5.75 Å². The van der Waals surface area contributed by atoms with Crippen LogP contribution in [-0.2, 0) is 11.8 Å². The van der Waals surface area contributed by atoms with E-state index in [0.29, 0.717) is 31.8 Å². The Hall–Kier alpha value is -3.68. The molecule has 0 radical (unpaired) electrons. The van der Waals surface area contributed by atoms with Crippen LogP contribution in [0.1, 0.15) is 44.7 Å². The number of amides is 1. The molecule has 3 aromatic rings. The van der Waals surface area contributed by atoms with Crippen LogP contribution >= 0.6 is 0 Å². The summed E-state index contributed by atoms with van der Waals surface area (Å²) < 4.78 is 13.8. The number of tetrazole rings is 1. The highest BCUT2D eigenvalue weighted by Crippen LogP contribution is 2.43. The lowest BCUT2D eigenvalue weighted by atomic mass is 9.82. The van der Waals surface area contributed by atoms with Gasteiger partial charge >= 0.3 is 6.09 Å². The van der Waals surface area contributed by atoms with Crippen LogP contribution in [0.2, 0.25) is 0 Å². The van der Waals surface area contributed by atoms with E-state index in [1.54, 1.807) is 9.58 Å². The van der Waals surface area contributed by atoms with Crippen molar-refractivity contribution in [2.45, 2.75) is 44.8 Å². The molecule has 34 heavy (non-hydrogen) atoms. The number of hydrogen-bond donors (Lipinski definition) is 0. The Kier molecular flexibility index (Phi) is 5.38. The van der Waals surface area contributed by atoms with Gasteiger partial charge in [0.2, 0.25) is 0 Å². The lowest BCUT2D eigenvalue weighted by molar-refractivity contribution is -0.00115. The van der Waals surface area contributed by atoms with Crippen LogP contribution in [0.3, 0.4) is 0 Å². The van der Waals surface area contributed by atoms with Gasteiger partial charge in [-0.25, -0.2) is 9.48 Å². The molecular formula is C26H29N5O3. The summed E-state index contributed by atoms with van der Waals surface area (Å²) in [7, 11) is 1.83. The van der Waals surface area contributed by atoms with E-state index in [1.807, 2.05) is 58.2 Å². The maximum absolute atomic E-state index is 12.6. The minimum atomic E-state index is -0.511. The van der Waals surface area contributed by atoms with Gasteiger partial charge < -0.3 is 14.4 Å². The summed E-state index contributed by atoms with van der Waals surface area (Å²) in [5.41, 5.74) is 3.20. The van der Waals surface area contributed by atoms with Crippen molar-refractivity contribution in [3.63, 3.8) is 0 Å². The molecule has 0 N–H and O–H groups in total. The second-order valence-electron chi connectivity index (χ2n) is 9.90. The molecule has 1 amide bonds. The number of aryl methyl sites for hydroxylation is 1. The zero-order valence-electron chi connectivity index (χ0n) is 20.0. The van der Waals surface area contributed by atoms with Gasteiger partial charge in [-0.05, 0) is 60.5 Å². The van der Waals surface area contributed by atoms with Crippen LogP contribution < -0.4 is 4.74 Å². The number of benzene rings is 2. The lowest BCUT2D eigenvalue weighted by Gasteiger charge is -2.43. The number of fused-ring (bicyclic) bond motifs is 1. The first-order valence-electron chi connectivity index (χ1n) is 11.6. The molecule has 0 aliphatic carbocycles. The fraction of sp³-hybridized carbons (Fsp3) is 0.385.